The van der Waals surface area contributed by atoms with Crippen molar-refractivity contribution >= 4 is 39.8 Å². The van der Waals surface area contributed by atoms with Crippen molar-refractivity contribution in [1.29, 1.82) is 0 Å². The van der Waals surface area contributed by atoms with E-state index in [2.05, 4.69) is 30.2 Å². The topological polar surface area (TPSA) is 73.8 Å². The lowest BCUT2D eigenvalue weighted by molar-refractivity contribution is 0.0942. The number of nitrogens with zero attached hydrogens (tertiary/aromatic N) is 5. The van der Waals surface area contributed by atoms with Gasteiger partial charge in [-0.25, -0.2) is 0 Å². The van der Waals surface area contributed by atoms with Crippen LogP contribution in [0.15, 0.2) is 42.5 Å². The molecule has 0 unspecified atom stereocenters. The van der Waals surface area contributed by atoms with Crippen LogP contribution in [0.4, 0.5) is 11.5 Å². The average molecular weight is 509 g/mol. The molecule has 9 heteroatoms. The highest BCUT2D eigenvalue weighted by Crippen LogP contribution is 2.33. The fraction of sp³-hybridized carbons (Fsp3) is 0.444. The predicted octanol–water partition coefficient (Wildman–Crippen LogP) is 3.83. The summed E-state index contributed by atoms with van der Waals surface area (Å²) < 4.78 is 5.54. The van der Waals surface area contributed by atoms with Crippen LogP contribution >= 0.6 is 11.6 Å². The van der Waals surface area contributed by atoms with E-state index in [-0.39, 0.29) is 5.91 Å². The quantitative estimate of drug-likeness (QED) is 0.520. The van der Waals surface area contributed by atoms with Gasteiger partial charge in [0.25, 0.3) is 5.91 Å². The van der Waals surface area contributed by atoms with Crippen molar-refractivity contribution in [2.24, 2.45) is 0 Å². The van der Waals surface area contributed by atoms with Crippen molar-refractivity contribution in [3.8, 4) is 5.75 Å². The zero-order valence-electron chi connectivity index (χ0n) is 20.8. The van der Waals surface area contributed by atoms with Crippen molar-refractivity contribution in [3.63, 3.8) is 0 Å². The van der Waals surface area contributed by atoms with Gasteiger partial charge in [0.1, 0.15) is 5.75 Å². The van der Waals surface area contributed by atoms with Gasteiger partial charge in [-0.3, -0.25) is 4.79 Å². The second kappa shape index (κ2) is 11.3. The molecule has 2 saturated heterocycles. The maximum Gasteiger partial charge on any atom is 0.272 e. The number of benzene rings is 2. The van der Waals surface area contributed by atoms with Crippen molar-refractivity contribution in [2.75, 3.05) is 69.3 Å². The first-order valence-corrected chi connectivity index (χ1v) is 13.1. The van der Waals surface area contributed by atoms with E-state index in [1.807, 2.05) is 42.5 Å². The first kappa shape index (κ1) is 24.6. The molecule has 2 aliphatic rings. The van der Waals surface area contributed by atoms with E-state index in [9.17, 15) is 4.79 Å². The fourth-order valence-corrected chi connectivity index (χ4v) is 5.32. The van der Waals surface area contributed by atoms with Gasteiger partial charge >= 0.3 is 0 Å². The number of halogens is 1. The van der Waals surface area contributed by atoms with Crippen molar-refractivity contribution in [1.82, 2.24) is 20.4 Å². The van der Waals surface area contributed by atoms with E-state index in [1.165, 1.54) is 19.3 Å². The molecule has 0 atom stereocenters. The SMILES string of the molecule is COc1ccc(Cl)cc1N1CCN(c2nnc(C(=O)NCCN3CCCCC3)c3ccccc23)CC1. The molecular weight excluding hydrogens is 476 g/mol. The molecular formula is C27H33ClN6O2. The lowest BCUT2D eigenvalue weighted by atomic mass is 10.1. The number of hydrogen-bond acceptors (Lipinski definition) is 7. The highest BCUT2D eigenvalue weighted by atomic mass is 35.5. The summed E-state index contributed by atoms with van der Waals surface area (Å²) >= 11 is 6.25. The van der Waals surface area contributed by atoms with Gasteiger partial charge in [0, 0.05) is 55.1 Å². The normalized spacial score (nSPS) is 16.8. The van der Waals surface area contributed by atoms with Crippen LogP contribution in [-0.2, 0) is 0 Å². The Labute approximate surface area is 217 Å². The number of methoxy groups -OCH3 is 1. The molecule has 8 nitrogen and oxygen atoms in total. The number of piperidine rings is 1. The van der Waals surface area contributed by atoms with Crippen LogP contribution in [0, 0.1) is 0 Å². The summed E-state index contributed by atoms with van der Waals surface area (Å²) in [6.45, 7) is 6.86. The molecule has 0 aliphatic carbocycles. The first-order chi connectivity index (χ1) is 17.6. The molecule has 0 saturated carbocycles. The van der Waals surface area contributed by atoms with Gasteiger partial charge in [-0.1, -0.05) is 42.3 Å². The molecule has 1 aromatic heterocycles. The maximum absolute atomic E-state index is 13.0. The number of aromatic nitrogens is 2. The zero-order valence-corrected chi connectivity index (χ0v) is 21.5. The number of carbonyl (C=O) groups is 1. The third-order valence-electron chi connectivity index (χ3n) is 7.11. The van der Waals surface area contributed by atoms with Crippen LogP contribution in [-0.4, -0.2) is 80.5 Å². The number of piperazine rings is 1. The number of nitrogens with one attached hydrogen (secondary N) is 1. The first-order valence-electron chi connectivity index (χ1n) is 12.7. The third-order valence-corrected chi connectivity index (χ3v) is 7.34. The van der Waals surface area contributed by atoms with E-state index in [1.54, 1.807) is 7.11 Å². The zero-order chi connectivity index (χ0) is 24.9. The summed E-state index contributed by atoms with van der Waals surface area (Å²) in [5.41, 5.74) is 1.38. The molecule has 2 aromatic carbocycles. The Hall–Kier alpha value is -3.10. The van der Waals surface area contributed by atoms with Gasteiger partial charge in [-0.05, 0) is 44.1 Å². The third kappa shape index (κ3) is 5.34. The molecule has 0 spiro atoms. The molecule has 190 valence electrons. The van der Waals surface area contributed by atoms with Gasteiger partial charge in [-0.15, -0.1) is 10.2 Å². The van der Waals surface area contributed by atoms with Gasteiger partial charge in [-0.2, -0.15) is 0 Å². The van der Waals surface area contributed by atoms with Gasteiger partial charge in [0.2, 0.25) is 0 Å². The summed E-state index contributed by atoms with van der Waals surface area (Å²) in [6.07, 6.45) is 3.79. The number of carbonyl (C=O) groups excluding carboxylic acids is 1. The number of anilines is 2. The fourth-order valence-electron chi connectivity index (χ4n) is 5.15. The summed E-state index contributed by atoms with van der Waals surface area (Å²) in [7, 11) is 1.68. The Balaban J connectivity index is 1.28. The molecule has 5 rings (SSSR count). The van der Waals surface area contributed by atoms with E-state index >= 15 is 0 Å². The van der Waals surface area contributed by atoms with Crippen LogP contribution in [0.3, 0.4) is 0 Å². The smallest absolute Gasteiger partial charge is 0.272 e. The summed E-state index contributed by atoms with van der Waals surface area (Å²) in [5, 5.41) is 14.4. The minimum atomic E-state index is -0.167. The van der Waals surface area contributed by atoms with E-state index in [4.69, 9.17) is 16.3 Å². The van der Waals surface area contributed by atoms with Crippen molar-refractivity contribution in [3.05, 3.63) is 53.2 Å². The summed E-state index contributed by atoms with van der Waals surface area (Å²) in [4.78, 5) is 19.9. The number of ether oxygens (including phenoxy) is 1. The van der Waals surface area contributed by atoms with Crippen LogP contribution in [0.1, 0.15) is 29.8 Å². The predicted molar refractivity (Wildman–Crippen MR) is 145 cm³/mol. The van der Waals surface area contributed by atoms with Gasteiger partial charge in [0.15, 0.2) is 11.5 Å². The second-order valence-corrected chi connectivity index (χ2v) is 9.80. The monoisotopic (exact) mass is 508 g/mol. The molecule has 2 aliphatic heterocycles. The van der Waals surface area contributed by atoms with Crippen LogP contribution in [0.5, 0.6) is 5.75 Å². The Bertz CT molecular complexity index is 1210. The van der Waals surface area contributed by atoms with Crippen LogP contribution in [0.25, 0.3) is 10.8 Å². The Morgan fingerprint density at radius 3 is 2.42 bits per heavy atom. The second-order valence-electron chi connectivity index (χ2n) is 9.37. The lowest BCUT2D eigenvalue weighted by Gasteiger charge is -2.37. The number of likely N-dealkylation sites (tertiary alicyclic amines) is 1. The van der Waals surface area contributed by atoms with Gasteiger partial charge in [0.05, 0.1) is 12.8 Å². The maximum atomic E-state index is 13.0. The Morgan fingerprint density at radius 1 is 0.944 bits per heavy atom. The molecule has 36 heavy (non-hydrogen) atoms. The van der Waals surface area contributed by atoms with E-state index in [0.717, 1.165) is 73.8 Å². The van der Waals surface area contributed by atoms with Crippen molar-refractivity contribution in [2.45, 2.75) is 19.3 Å². The molecule has 0 bridgehead atoms. The lowest BCUT2D eigenvalue weighted by Crippen LogP contribution is -2.47. The number of hydrogen-bond donors (Lipinski definition) is 1. The van der Waals surface area contributed by atoms with Crippen LogP contribution < -0.4 is 19.9 Å². The number of fused-ring (bicyclic) bond motifs is 1. The highest BCUT2D eigenvalue weighted by molar-refractivity contribution is 6.31. The summed E-state index contributed by atoms with van der Waals surface area (Å²) in [6, 6.07) is 13.6. The average Bonchev–Trinajstić information content (AvgIpc) is 2.93. The summed E-state index contributed by atoms with van der Waals surface area (Å²) in [5.74, 6) is 1.46. The van der Waals surface area contributed by atoms with E-state index < -0.39 is 0 Å². The van der Waals surface area contributed by atoms with E-state index in [0.29, 0.717) is 17.3 Å². The Morgan fingerprint density at radius 2 is 1.67 bits per heavy atom. The molecule has 1 amide bonds. The minimum Gasteiger partial charge on any atom is -0.495 e. The Kier molecular flexibility index (Phi) is 7.72. The molecule has 0 radical (unpaired) electrons. The van der Waals surface area contributed by atoms with Gasteiger partial charge < -0.3 is 24.8 Å². The number of amides is 1. The van der Waals surface area contributed by atoms with Crippen LogP contribution in [0.2, 0.25) is 5.02 Å². The minimum absolute atomic E-state index is 0.167. The standard InChI is InChI=1S/C27H33ClN6O2/c1-36-24-10-9-20(28)19-23(24)33-15-17-34(18-16-33)26-22-8-4-3-7-21(22)25(30-31-26)27(35)29-11-14-32-12-5-2-6-13-32/h3-4,7-10,19H,2,5-6,11-18H2,1H3,(H,29,35). The molecule has 3 heterocycles. The largest absolute Gasteiger partial charge is 0.495 e. The highest BCUT2D eigenvalue weighted by Gasteiger charge is 2.24. The number of rotatable bonds is 7. The molecule has 2 fully saturated rings. The van der Waals surface area contributed by atoms with Crippen molar-refractivity contribution < 1.29 is 9.53 Å². The molecule has 1 N–H and O–H groups in total. The molecule has 3 aromatic rings.